The summed E-state index contributed by atoms with van der Waals surface area (Å²) in [5.74, 6) is -1.45. The highest BCUT2D eigenvalue weighted by atomic mass is 19.4. The van der Waals surface area contributed by atoms with E-state index >= 15 is 0 Å². The molecule has 1 unspecified atom stereocenters. The fraction of sp³-hybridized carbons (Fsp3) is 0.375. The van der Waals surface area contributed by atoms with Crippen molar-refractivity contribution in [1.29, 1.82) is 5.26 Å². The van der Waals surface area contributed by atoms with E-state index < -0.39 is 30.6 Å². The minimum atomic E-state index is -4.59. The summed E-state index contributed by atoms with van der Waals surface area (Å²) in [6.45, 7) is 0.135. The van der Waals surface area contributed by atoms with E-state index in [1.165, 1.54) is 6.07 Å². The van der Waals surface area contributed by atoms with Crippen molar-refractivity contribution in [3.05, 3.63) is 58.6 Å². The molecule has 1 aliphatic heterocycles. The number of aromatic nitrogens is 1. The highest BCUT2D eigenvalue weighted by Gasteiger charge is 2.31. The van der Waals surface area contributed by atoms with E-state index in [-0.39, 0.29) is 23.4 Å². The fourth-order valence-electron chi connectivity index (χ4n) is 4.01. The number of carbonyl (C=O) groups excluding carboxylic acids is 1. The first-order valence-electron chi connectivity index (χ1n) is 11.1. The highest BCUT2D eigenvalue weighted by molar-refractivity contribution is 5.91. The van der Waals surface area contributed by atoms with E-state index in [1.807, 2.05) is 0 Å². The van der Waals surface area contributed by atoms with Crippen molar-refractivity contribution >= 4 is 17.0 Å². The number of nitrogens with zero attached hydrogens (tertiary/aromatic N) is 2. The number of rotatable bonds is 6. The van der Waals surface area contributed by atoms with E-state index in [1.54, 1.807) is 36.4 Å². The summed E-state index contributed by atoms with van der Waals surface area (Å²) in [5.41, 5.74) is 1.84. The van der Waals surface area contributed by atoms with Crippen molar-refractivity contribution in [1.82, 2.24) is 15.2 Å². The van der Waals surface area contributed by atoms with Gasteiger partial charge in [-0.1, -0.05) is 36.4 Å². The lowest BCUT2D eigenvalue weighted by Gasteiger charge is -2.18. The SMILES string of the molecule is N#C[C@H](Cc1ccc(-c2cccc3oc(=O)n(CC(F)(F)F)c23)cc1)NC(=O)C1CNCCCO1. The third-order valence-electron chi connectivity index (χ3n) is 5.64. The van der Waals surface area contributed by atoms with Gasteiger partial charge >= 0.3 is 11.9 Å². The third kappa shape index (κ3) is 5.90. The number of halogens is 3. The summed E-state index contributed by atoms with van der Waals surface area (Å²) in [4.78, 5) is 24.5. The van der Waals surface area contributed by atoms with Gasteiger partial charge in [0.1, 0.15) is 18.7 Å². The zero-order chi connectivity index (χ0) is 25.0. The molecule has 1 aliphatic rings. The van der Waals surface area contributed by atoms with Gasteiger partial charge in [-0.15, -0.1) is 0 Å². The second-order valence-electron chi connectivity index (χ2n) is 8.23. The number of amides is 1. The van der Waals surface area contributed by atoms with Crippen LogP contribution in [0, 0.1) is 11.3 Å². The molecule has 1 aromatic heterocycles. The summed E-state index contributed by atoms with van der Waals surface area (Å²) >= 11 is 0. The Bertz CT molecular complexity index is 1280. The van der Waals surface area contributed by atoms with E-state index in [9.17, 15) is 28.0 Å². The van der Waals surface area contributed by atoms with Crippen LogP contribution in [0.15, 0.2) is 51.7 Å². The highest BCUT2D eigenvalue weighted by Crippen LogP contribution is 2.30. The van der Waals surface area contributed by atoms with Crippen molar-refractivity contribution in [3.8, 4) is 17.2 Å². The number of ether oxygens (including phenoxy) is 1. The molecule has 0 bridgehead atoms. The van der Waals surface area contributed by atoms with E-state index in [0.717, 1.165) is 18.5 Å². The molecule has 11 heteroatoms. The molecule has 1 saturated heterocycles. The van der Waals surface area contributed by atoms with Crippen LogP contribution in [0.3, 0.4) is 0 Å². The van der Waals surface area contributed by atoms with Gasteiger partial charge in [0.15, 0.2) is 5.58 Å². The normalized spacial score (nSPS) is 17.5. The monoisotopic (exact) mass is 488 g/mol. The minimum Gasteiger partial charge on any atom is -0.408 e. The zero-order valence-electron chi connectivity index (χ0n) is 18.6. The van der Waals surface area contributed by atoms with Gasteiger partial charge in [0.05, 0.1) is 11.6 Å². The molecule has 1 amide bonds. The van der Waals surface area contributed by atoms with Gasteiger partial charge in [-0.05, 0) is 30.2 Å². The molecule has 0 saturated carbocycles. The first-order chi connectivity index (χ1) is 16.7. The van der Waals surface area contributed by atoms with Gasteiger partial charge in [-0.3, -0.25) is 9.36 Å². The molecule has 2 atom stereocenters. The quantitative estimate of drug-likeness (QED) is 0.552. The standard InChI is InChI=1S/C24H23F3N4O4/c25-24(26,27)14-31-21-18(3-1-4-19(21)35-23(31)33)16-7-5-15(6-8-16)11-17(12-28)30-22(32)20-13-29-9-2-10-34-20/h1,3-8,17,20,29H,2,9-11,13-14H2,(H,30,32)/t17-,20?/m0/s1. The van der Waals surface area contributed by atoms with Gasteiger partial charge in [0.25, 0.3) is 5.91 Å². The van der Waals surface area contributed by atoms with Crippen molar-refractivity contribution < 1.29 is 27.1 Å². The molecule has 8 nitrogen and oxygen atoms in total. The Hall–Kier alpha value is -3.62. The Labute approximate surface area is 198 Å². The largest absolute Gasteiger partial charge is 0.420 e. The van der Waals surface area contributed by atoms with Crippen LogP contribution in [0.4, 0.5) is 13.2 Å². The Balaban J connectivity index is 1.52. The number of nitrogens with one attached hydrogen (secondary N) is 2. The Morgan fingerprint density at radius 1 is 1.26 bits per heavy atom. The topological polar surface area (TPSA) is 109 Å². The maximum Gasteiger partial charge on any atom is 0.420 e. The average molecular weight is 488 g/mol. The molecule has 184 valence electrons. The van der Waals surface area contributed by atoms with E-state index in [0.29, 0.717) is 28.8 Å². The van der Waals surface area contributed by atoms with Gasteiger partial charge < -0.3 is 19.8 Å². The summed E-state index contributed by atoms with van der Waals surface area (Å²) in [6, 6.07) is 12.8. The predicted octanol–water partition coefficient (Wildman–Crippen LogP) is 2.75. The number of hydrogen-bond acceptors (Lipinski definition) is 6. The number of hydrogen-bond donors (Lipinski definition) is 2. The van der Waals surface area contributed by atoms with Crippen molar-refractivity contribution in [2.45, 2.75) is 37.7 Å². The van der Waals surface area contributed by atoms with E-state index in [2.05, 4.69) is 16.7 Å². The van der Waals surface area contributed by atoms with Crippen LogP contribution in [-0.4, -0.2) is 48.5 Å². The molecule has 3 aromatic rings. The molecule has 2 aromatic carbocycles. The molecule has 2 N–H and O–H groups in total. The Morgan fingerprint density at radius 3 is 2.74 bits per heavy atom. The molecule has 0 radical (unpaired) electrons. The van der Waals surface area contributed by atoms with Gasteiger partial charge in [0.2, 0.25) is 0 Å². The van der Waals surface area contributed by atoms with Crippen LogP contribution < -0.4 is 16.4 Å². The van der Waals surface area contributed by atoms with Crippen molar-refractivity contribution in [2.24, 2.45) is 0 Å². The molecule has 2 heterocycles. The minimum absolute atomic E-state index is 0.0572. The maximum atomic E-state index is 13.0. The van der Waals surface area contributed by atoms with Crippen LogP contribution >= 0.6 is 0 Å². The predicted molar refractivity (Wildman–Crippen MR) is 120 cm³/mol. The number of benzene rings is 2. The number of carbonyl (C=O) groups is 1. The molecule has 0 spiro atoms. The number of alkyl halides is 3. The fourth-order valence-corrected chi connectivity index (χ4v) is 4.01. The zero-order valence-corrected chi connectivity index (χ0v) is 18.6. The van der Waals surface area contributed by atoms with Crippen LogP contribution in [0.2, 0.25) is 0 Å². The lowest BCUT2D eigenvalue weighted by molar-refractivity contribution is -0.140. The van der Waals surface area contributed by atoms with Gasteiger partial charge in [-0.25, -0.2) is 4.79 Å². The Morgan fingerprint density at radius 2 is 2.03 bits per heavy atom. The summed E-state index contributed by atoms with van der Waals surface area (Å²) in [7, 11) is 0. The molecular weight excluding hydrogens is 465 g/mol. The van der Waals surface area contributed by atoms with Gasteiger partial charge in [-0.2, -0.15) is 18.4 Å². The lowest BCUT2D eigenvalue weighted by Crippen LogP contribution is -2.46. The third-order valence-corrected chi connectivity index (χ3v) is 5.64. The molecule has 0 aliphatic carbocycles. The summed E-state index contributed by atoms with van der Waals surface area (Å²) < 4.78 is 50.2. The van der Waals surface area contributed by atoms with Crippen LogP contribution in [0.25, 0.3) is 22.2 Å². The molecule has 4 rings (SSSR count). The second-order valence-corrected chi connectivity index (χ2v) is 8.23. The molecule has 1 fully saturated rings. The van der Waals surface area contributed by atoms with Crippen molar-refractivity contribution in [2.75, 3.05) is 19.7 Å². The first kappa shape index (κ1) is 24.5. The van der Waals surface area contributed by atoms with Gasteiger partial charge in [0, 0.05) is 25.1 Å². The van der Waals surface area contributed by atoms with Crippen molar-refractivity contribution in [3.63, 3.8) is 0 Å². The number of oxazole rings is 1. The number of nitriles is 1. The van der Waals surface area contributed by atoms with Crippen LogP contribution in [0.1, 0.15) is 12.0 Å². The van der Waals surface area contributed by atoms with E-state index in [4.69, 9.17) is 9.15 Å². The van der Waals surface area contributed by atoms with Crippen LogP contribution in [-0.2, 0) is 22.5 Å². The Kier molecular flexibility index (Phi) is 7.23. The maximum absolute atomic E-state index is 13.0. The summed E-state index contributed by atoms with van der Waals surface area (Å²) in [6.07, 6.45) is -4.22. The second kappa shape index (κ2) is 10.3. The molecule has 35 heavy (non-hydrogen) atoms. The molecular formula is C24H23F3N4O4. The first-order valence-corrected chi connectivity index (χ1v) is 11.1. The smallest absolute Gasteiger partial charge is 0.408 e. The average Bonchev–Trinajstić information content (AvgIpc) is 2.99. The lowest BCUT2D eigenvalue weighted by atomic mass is 10.00. The number of para-hydroxylation sites is 1. The van der Waals surface area contributed by atoms with Crippen LogP contribution in [0.5, 0.6) is 0 Å². The summed E-state index contributed by atoms with van der Waals surface area (Å²) in [5, 5.41) is 15.3. The number of fused-ring (bicyclic) bond motifs is 1.